The van der Waals surface area contributed by atoms with Gasteiger partial charge in [-0.05, 0) is 160 Å². The van der Waals surface area contributed by atoms with Gasteiger partial charge in [-0.1, -0.05) is 60.7 Å². The Hall–Kier alpha value is -4.42. The van der Waals surface area contributed by atoms with Crippen molar-refractivity contribution in [1.82, 2.24) is 0 Å². The molecular weight excluding hydrogens is 456 g/mol. The molecule has 0 heteroatoms. The molecule has 0 N–H and O–H groups in total. The maximum atomic E-state index is 2.48. The number of rotatable bonds is 0. The van der Waals surface area contributed by atoms with E-state index >= 15 is 0 Å². The number of hydrogen-bond acceptors (Lipinski definition) is 0. The first-order valence-corrected chi connectivity index (χ1v) is 13.6. The lowest BCUT2D eigenvalue weighted by Crippen LogP contribution is -1.84. The monoisotopic (exact) mass is 482 g/mol. The van der Waals surface area contributed by atoms with E-state index in [4.69, 9.17) is 0 Å². The van der Waals surface area contributed by atoms with E-state index < -0.39 is 0 Å². The van der Waals surface area contributed by atoms with Crippen molar-refractivity contribution < 1.29 is 0 Å². The Labute approximate surface area is 220 Å². The molecule has 0 radical (unpaired) electrons. The number of hydrogen-bond donors (Lipinski definition) is 0. The predicted molar refractivity (Wildman–Crippen MR) is 168 cm³/mol. The Kier molecular flexibility index (Phi) is 3.64. The molecule has 0 saturated heterocycles. The van der Waals surface area contributed by atoms with Crippen LogP contribution in [-0.2, 0) is 0 Å². The third kappa shape index (κ3) is 2.29. The van der Waals surface area contributed by atoms with E-state index in [2.05, 4.69) is 113 Å². The second-order valence-corrected chi connectivity index (χ2v) is 11.5. The smallest absolute Gasteiger partial charge is 0.00146 e. The largest absolute Gasteiger partial charge is 0.0616 e. The molecule has 0 nitrogen and oxygen atoms in total. The van der Waals surface area contributed by atoms with Gasteiger partial charge in [0.15, 0.2) is 0 Å². The van der Waals surface area contributed by atoms with Gasteiger partial charge in [0.25, 0.3) is 0 Å². The average molecular weight is 483 g/mol. The molecule has 0 aliphatic rings. The third-order valence-electron chi connectivity index (χ3n) is 9.45. The van der Waals surface area contributed by atoms with E-state index in [1.54, 1.807) is 0 Å². The summed E-state index contributed by atoms with van der Waals surface area (Å²) in [4.78, 5) is 0. The van der Waals surface area contributed by atoms with E-state index in [9.17, 15) is 0 Å². The van der Waals surface area contributed by atoms with Crippen LogP contribution in [0.1, 0.15) is 22.3 Å². The summed E-state index contributed by atoms with van der Waals surface area (Å²) in [6, 6.07) is 32.6. The van der Waals surface area contributed by atoms with Gasteiger partial charge in [0, 0.05) is 0 Å². The Morgan fingerprint density at radius 1 is 0.316 bits per heavy atom. The first-order valence-electron chi connectivity index (χ1n) is 13.6. The van der Waals surface area contributed by atoms with Gasteiger partial charge < -0.3 is 0 Å². The quantitative estimate of drug-likeness (QED) is 0.189. The third-order valence-corrected chi connectivity index (χ3v) is 9.45. The summed E-state index contributed by atoms with van der Waals surface area (Å²) >= 11 is 0. The van der Waals surface area contributed by atoms with Crippen molar-refractivity contribution in [3.63, 3.8) is 0 Å². The van der Waals surface area contributed by atoms with Crippen LogP contribution in [0.4, 0.5) is 0 Å². The lowest BCUT2D eigenvalue weighted by molar-refractivity contribution is 1.54. The summed E-state index contributed by atoms with van der Waals surface area (Å²) < 4.78 is 0. The fraction of sp³-hybridized carbons (Fsp3) is 0.105. The minimum absolute atomic E-state index is 1.33. The fourth-order valence-corrected chi connectivity index (χ4v) is 7.74. The molecule has 0 heterocycles. The molecule has 0 amide bonds. The van der Waals surface area contributed by atoms with Gasteiger partial charge in [-0.15, -0.1) is 0 Å². The average Bonchev–Trinajstić information content (AvgIpc) is 3.44. The molecule has 38 heavy (non-hydrogen) atoms. The summed E-state index contributed by atoms with van der Waals surface area (Å²) in [6.07, 6.45) is 0. The molecule has 0 saturated carbocycles. The van der Waals surface area contributed by atoms with Crippen molar-refractivity contribution in [1.29, 1.82) is 0 Å². The first-order chi connectivity index (χ1) is 18.5. The summed E-state index contributed by atoms with van der Waals surface area (Å²) in [5, 5.41) is 22.2. The van der Waals surface area contributed by atoms with Crippen molar-refractivity contribution in [3.8, 4) is 0 Å². The molecule has 9 aromatic rings. The van der Waals surface area contributed by atoms with Crippen LogP contribution >= 0.6 is 0 Å². The SMILES string of the molecule is Cc1ccc2ccc(C)c3c4cc5cc6c(cc5cc4c1c23)c1c(C)ccc2c3ccccc3c(C)c6c21. The first kappa shape index (κ1) is 20.6. The molecule has 0 aromatic heterocycles. The van der Waals surface area contributed by atoms with Gasteiger partial charge in [-0.25, -0.2) is 0 Å². The normalized spacial score (nSPS) is 12.7. The highest BCUT2D eigenvalue weighted by atomic mass is 14.2. The maximum absolute atomic E-state index is 2.48. The number of aryl methyl sites for hydroxylation is 4. The molecule has 0 aliphatic heterocycles. The number of fused-ring (bicyclic) bond motifs is 9. The van der Waals surface area contributed by atoms with Crippen molar-refractivity contribution >= 4 is 86.2 Å². The van der Waals surface area contributed by atoms with E-state index in [1.165, 1.54) is 108 Å². The van der Waals surface area contributed by atoms with Gasteiger partial charge in [-0.3, -0.25) is 0 Å². The van der Waals surface area contributed by atoms with Gasteiger partial charge in [-0.2, -0.15) is 0 Å². The molecule has 178 valence electrons. The summed E-state index contributed by atoms with van der Waals surface area (Å²) in [6.45, 7) is 9.11. The van der Waals surface area contributed by atoms with E-state index in [-0.39, 0.29) is 0 Å². The van der Waals surface area contributed by atoms with Gasteiger partial charge in [0.2, 0.25) is 0 Å². The van der Waals surface area contributed by atoms with Crippen molar-refractivity contribution in [3.05, 3.63) is 107 Å². The van der Waals surface area contributed by atoms with Crippen molar-refractivity contribution in [2.24, 2.45) is 0 Å². The van der Waals surface area contributed by atoms with Crippen LogP contribution in [0.25, 0.3) is 86.2 Å². The van der Waals surface area contributed by atoms with Crippen molar-refractivity contribution in [2.45, 2.75) is 27.7 Å². The Morgan fingerprint density at radius 3 is 1.37 bits per heavy atom. The van der Waals surface area contributed by atoms with Crippen molar-refractivity contribution in [2.75, 3.05) is 0 Å². The zero-order chi connectivity index (χ0) is 25.4. The van der Waals surface area contributed by atoms with E-state index in [1.807, 2.05) is 0 Å². The molecule has 0 aliphatic carbocycles. The van der Waals surface area contributed by atoms with Crippen LogP contribution in [-0.4, -0.2) is 0 Å². The number of benzene rings is 7. The molecule has 9 aromatic carbocycles. The Morgan fingerprint density at radius 2 is 0.789 bits per heavy atom. The standard InChI is InChI=1S/C38H26/c1-19-9-12-23-13-10-20(2)34-30-16-25-18-32-31(17-24(25)15-29(30)33(19)37(23)34)35-21(3)11-14-28-27-8-6-5-7-26(27)22(4)36(32)38(28)35/h5-18H,1-4H3. The zero-order valence-corrected chi connectivity index (χ0v) is 22.1. The molecule has 0 bridgehead atoms. The second-order valence-electron chi connectivity index (χ2n) is 11.5. The molecule has 0 spiro atoms. The van der Waals surface area contributed by atoms with E-state index in [0.29, 0.717) is 0 Å². The lowest BCUT2D eigenvalue weighted by Gasteiger charge is -2.10. The molecule has 0 atom stereocenters. The molecule has 0 unspecified atom stereocenters. The summed E-state index contributed by atoms with van der Waals surface area (Å²) in [5.74, 6) is 0. The summed E-state index contributed by atoms with van der Waals surface area (Å²) in [7, 11) is 0. The second kappa shape index (κ2) is 6.71. The Bertz CT molecular complexity index is 2470. The minimum atomic E-state index is 1.33. The van der Waals surface area contributed by atoms with Crippen LogP contribution in [0, 0.1) is 27.7 Å². The highest BCUT2D eigenvalue weighted by Crippen LogP contribution is 2.48. The molecule has 0 fully saturated rings. The van der Waals surface area contributed by atoms with Crippen LogP contribution in [0.5, 0.6) is 0 Å². The molecule has 9 rings (SSSR count). The highest BCUT2D eigenvalue weighted by molar-refractivity contribution is 6.38. The van der Waals surface area contributed by atoms with E-state index in [0.717, 1.165) is 0 Å². The fourth-order valence-electron chi connectivity index (χ4n) is 7.74. The zero-order valence-electron chi connectivity index (χ0n) is 22.1. The molecular formula is C38H26. The maximum Gasteiger partial charge on any atom is -0.00146 e. The highest BCUT2D eigenvalue weighted by Gasteiger charge is 2.20. The lowest BCUT2D eigenvalue weighted by atomic mass is 9.93. The van der Waals surface area contributed by atoms with Crippen LogP contribution in [0.15, 0.2) is 84.9 Å². The minimum Gasteiger partial charge on any atom is -0.0616 e. The van der Waals surface area contributed by atoms with Gasteiger partial charge in [0.1, 0.15) is 0 Å². The van der Waals surface area contributed by atoms with Gasteiger partial charge in [0.05, 0.1) is 0 Å². The topological polar surface area (TPSA) is 0 Å². The van der Waals surface area contributed by atoms with Crippen LogP contribution < -0.4 is 0 Å². The van der Waals surface area contributed by atoms with Gasteiger partial charge >= 0.3 is 0 Å². The summed E-state index contributed by atoms with van der Waals surface area (Å²) in [5.41, 5.74) is 5.47. The Balaban J connectivity index is 1.55. The van der Waals surface area contributed by atoms with Crippen LogP contribution in [0.2, 0.25) is 0 Å². The van der Waals surface area contributed by atoms with Crippen LogP contribution in [0.3, 0.4) is 0 Å². The predicted octanol–water partition coefficient (Wildman–Crippen LogP) is 11.0.